The molecule has 0 aliphatic carbocycles. The Morgan fingerprint density at radius 3 is 2.03 bits per heavy atom. The summed E-state index contributed by atoms with van der Waals surface area (Å²) in [6, 6.07) is 11.1. The van der Waals surface area contributed by atoms with Gasteiger partial charge in [-0.25, -0.2) is 4.79 Å². The Hall–Kier alpha value is -3.75. The summed E-state index contributed by atoms with van der Waals surface area (Å²) in [6.07, 6.45) is 0. The van der Waals surface area contributed by atoms with Gasteiger partial charge in [-0.15, -0.1) is 0 Å². The molecule has 0 aliphatic heterocycles. The third-order valence-corrected chi connectivity index (χ3v) is 3.87. The van der Waals surface area contributed by atoms with E-state index in [0.29, 0.717) is 41.7 Å². The van der Waals surface area contributed by atoms with Gasteiger partial charge >= 0.3 is 6.03 Å². The molecule has 0 atom stereocenters. The molecule has 0 aromatic heterocycles. The van der Waals surface area contributed by atoms with Crippen LogP contribution in [0.15, 0.2) is 42.5 Å². The Bertz CT molecular complexity index is 883. The molecule has 2 aromatic rings. The number of ether oxygens (including phenoxy) is 2. The number of amides is 4. The van der Waals surface area contributed by atoms with Crippen LogP contribution < -0.4 is 30.7 Å². The van der Waals surface area contributed by atoms with Crippen LogP contribution in [0.3, 0.4) is 0 Å². The lowest BCUT2D eigenvalue weighted by atomic mass is 10.2. The number of anilines is 2. The van der Waals surface area contributed by atoms with E-state index in [1.807, 2.05) is 13.8 Å². The number of nitrogens with one attached hydrogen (secondary N) is 4. The fraction of sp³-hybridized carbons (Fsp3) is 0.286. The number of rotatable bonds is 9. The Balaban J connectivity index is 1.90. The van der Waals surface area contributed by atoms with Crippen molar-refractivity contribution in [1.29, 1.82) is 0 Å². The third kappa shape index (κ3) is 6.69. The normalized spacial score (nSPS) is 9.97. The van der Waals surface area contributed by atoms with Gasteiger partial charge in [0.25, 0.3) is 5.91 Å². The first-order valence-electron chi connectivity index (χ1n) is 9.53. The summed E-state index contributed by atoms with van der Waals surface area (Å²) in [7, 11) is 1.52. The standard InChI is InChI=1S/C21H26N4O5/c1-4-29-17-11-6-14(12-18(17)30-5-2)20(27)23-13-19(26)24-15-7-9-16(10-8-15)25-21(28)22-3/h6-12H,4-5,13H2,1-3H3,(H,23,27)(H,24,26)(H2,22,25,28). The van der Waals surface area contributed by atoms with Crippen LogP contribution in [0.2, 0.25) is 0 Å². The van der Waals surface area contributed by atoms with Crippen LogP contribution in [0.1, 0.15) is 24.2 Å². The van der Waals surface area contributed by atoms with Gasteiger partial charge in [-0.1, -0.05) is 0 Å². The summed E-state index contributed by atoms with van der Waals surface area (Å²) >= 11 is 0. The minimum Gasteiger partial charge on any atom is -0.490 e. The van der Waals surface area contributed by atoms with Gasteiger partial charge in [-0.2, -0.15) is 0 Å². The van der Waals surface area contributed by atoms with E-state index in [1.54, 1.807) is 42.5 Å². The zero-order valence-electron chi connectivity index (χ0n) is 17.2. The van der Waals surface area contributed by atoms with Crippen molar-refractivity contribution in [2.24, 2.45) is 0 Å². The molecule has 30 heavy (non-hydrogen) atoms. The van der Waals surface area contributed by atoms with Crippen molar-refractivity contribution < 1.29 is 23.9 Å². The Morgan fingerprint density at radius 1 is 0.833 bits per heavy atom. The summed E-state index contributed by atoms with van der Waals surface area (Å²) < 4.78 is 11.0. The molecule has 2 aromatic carbocycles. The maximum atomic E-state index is 12.4. The molecular formula is C21H26N4O5. The predicted molar refractivity (Wildman–Crippen MR) is 114 cm³/mol. The van der Waals surface area contributed by atoms with E-state index in [1.165, 1.54) is 7.05 Å². The summed E-state index contributed by atoms with van der Waals surface area (Å²) in [5, 5.41) is 10.3. The van der Waals surface area contributed by atoms with Crippen LogP contribution in [0.25, 0.3) is 0 Å². The van der Waals surface area contributed by atoms with E-state index < -0.39 is 5.91 Å². The molecule has 9 heteroatoms. The van der Waals surface area contributed by atoms with Gasteiger partial charge in [0.15, 0.2) is 11.5 Å². The van der Waals surface area contributed by atoms with E-state index >= 15 is 0 Å². The maximum absolute atomic E-state index is 12.4. The largest absolute Gasteiger partial charge is 0.490 e. The molecule has 160 valence electrons. The number of carbonyl (C=O) groups is 3. The third-order valence-electron chi connectivity index (χ3n) is 3.87. The highest BCUT2D eigenvalue weighted by Gasteiger charge is 2.13. The smallest absolute Gasteiger partial charge is 0.318 e. The lowest BCUT2D eigenvalue weighted by Crippen LogP contribution is -2.32. The van der Waals surface area contributed by atoms with Crippen molar-refractivity contribution in [3.05, 3.63) is 48.0 Å². The molecule has 0 saturated carbocycles. The minimum absolute atomic E-state index is 0.200. The molecule has 0 saturated heterocycles. The summed E-state index contributed by atoms with van der Waals surface area (Å²) in [4.78, 5) is 35.8. The molecule has 0 heterocycles. The first-order valence-corrected chi connectivity index (χ1v) is 9.53. The highest BCUT2D eigenvalue weighted by Crippen LogP contribution is 2.28. The lowest BCUT2D eigenvalue weighted by molar-refractivity contribution is -0.115. The van der Waals surface area contributed by atoms with Crippen LogP contribution in [0.4, 0.5) is 16.2 Å². The highest BCUT2D eigenvalue weighted by atomic mass is 16.5. The van der Waals surface area contributed by atoms with E-state index in [4.69, 9.17) is 9.47 Å². The Labute approximate surface area is 175 Å². The van der Waals surface area contributed by atoms with Crippen molar-refractivity contribution in [1.82, 2.24) is 10.6 Å². The van der Waals surface area contributed by atoms with Gasteiger partial charge in [0.05, 0.1) is 19.8 Å². The van der Waals surface area contributed by atoms with Crippen molar-refractivity contribution in [3.8, 4) is 11.5 Å². The first-order chi connectivity index (χ1) is 14.5. The zero-order valence-corrected chi connectivity index (χ0v) is 17.2. The highest BCUT2D eigenvalue weighted by molar-refractivity contribution is 5.99. The van der Waals surface area contributed by atoms with Gasteiger partial charge in [-0.05, 0) is 56.3 Å². The molecule has 9 nitrogen and oxygen atoms in total. The predicted octanol–water partition coefficient (Wildman–Crippen LogP) is 2.60. The van der Waals surface area contributed by atoms with Gasteiger partial charge in [0.2, 0.25) is 5.91 Å². The van der Waals surface area contributed by atoms with E-state index in [0.717, 1.165) is 0 Å². The molecule has 0 bridgehead atoms. The van der Waals surface area contributed by atoms with Crippen LogP contribution in [0.5, 0.6) is 11.5 Å². The second-order valence-corrected chi connectivity index (χ2v) is 6.04. The molecular weight excluding hydrogens is 388 g/mol. The second kappa shape index (κ2) is 11.3. The van der Waals surface area contributed by atoms with Crippen LogP contribution in [-0.2, 0) is 4.79 Å². The van der Waals surface area contributed by atoms with Gasteiger partial charge in [-0.3, -0.25) is 9.59 Å². The number of carbonyl (C=O) groups excluding carboxylic acids is 3. The average molecular weight is 414 g/mol. The summed E-state index contributed by atoms with van der Waals surface area (Å²) in [6.45, 7) is 4.42. The van der Waals surface area contributed by atoms with Crippen molar-refractivity contribution >= 4 is 29.2 Å². The number of benzene rings is 2. The summed E-state index contributed by atoms with van der Waals surface area (Å²) in [5.74, 6) is 0.246. The fourth-order valence-electron chi connectivity index (χ4n) is 2.49. The van der Waals surface area contributed by atoms with Crippen molar-refractivity contribution in [3.63, 3.8) is 0 Å². The molecule has 4 amide bonds. The van der Waals surface area contributed by atoms with Crippen molar-refractivity contribution in [2.45, 2.75) is 13.8 Å². The van der Waals surface area contributed by atoms with Gasteiger partial charge in [0, 0.05) is 24.0 Å². The Morgan fingerprint density at radius 2 is 1.43 bits per heavy atom. The molecule has 0 spiro atoms. The molecule has 2 rings (SSSR count). The van der Waals surface area contributed by atoms with Crippen LogP contribution in [0, 0.1) is 0 Å². The van der Waals surface area contributed by atoms with Crippen molar-refractivity contribution in [2.75, 3.05) is 37.4 Å². The lowest BCUT2D eigenvalue weighted by Gasteiger charge is -2.12. The molecule has 0 aliphatic rings. The zero-order chi connectivity index (χ0) is 21.9. The topological polar surface area (TPSA) is 118 Å². The average Bonchev–Trinajstić information content (AvgIpc) is 2.75. The van der Waals surface area contributed by atoms with E-state index in [2.05, 4.69) is 21.3 Å². The van der Waals surface area contributed by atoms with E-state index in [9.17, 15) is 14.4 Å². The van der Waals surface area contributed by atoms with Gasteiger partial charge in [0.1, 0.15) is 0 Å². The number of hydrogen-bond donors (Lipinski definition) is 4. The number of urea groups is 1. The molecule has 0 unspecified atom stereocenters. The number of hydrogen-bond acceptors (Lipinski definition) is 5. The Kier molecular flexibility index (Phi) is 8.49. The first kappa shape index (κ1) is 22.5. The minimum atomic E-state index is -0.403. The van der Waals surface area contributed by atoms with Crippen LogP contribution >= 0.6 is 0 Å². The second-order valence-electron chi connectivity index (χ2n) is 6.04. The van der Waals surface area contributed by atoms with Crippen LogP contribution in [-0.4, -0.2) is 44.7 Å². The molecule has 0 fully saturated rings. The monoisotopic (exact) mass is 414 g/mol. The molecule has 0 radical (unpaired) electrons. The molecule has 4 N–H and O–H groups in total. The maximum Gasteiger partial charge on any atom is 0.318 e. The van der Waals surface area contributed by atoms with Gasteiger partial charge < -0.3 is 30.7 Å². The summed E-state index contributed by atoms with van der Waals surface area (Å²) in [5.41, 5.74) is 1.48. The quantitative estimate of drug-likeness (QED) is 0.503. The fourth-order valence-corrected chi connectivity index (χ4v) is 2.49. The van der Waals surface area contributed by atoms with E-state index in [-0.39, 0.29) is 18.5 Å². The SMILES string of the molecule is CCOc1ccc(C(=O)NCC(=O)Nc2ccc(NC(=O)NC)cc2)cc1OCC.